The Hall–Kier alpha value is -1.29. The molecule has 0 amide bonds. The first-order valence-corrected chi connectivity index (χ1v) is 5.55. The number of hydrogen-bond acceptors (Lipinski definition) is 4. The van der Waals surface area contributed by atoms with Crippen LogP contribution in [-0.4, -0.2) is 18.9 Å². The van der Waals surface area contributed by atoms with Gasteiger partial charge in [-0.05, 0) is 37.1 Å². The molecule has 0 spiro atoms. The number of carbonyl (C=O) groups is 2. The normalized spacial score (nSPS) is 9.88. The second-order valence-electron chi connectivity index (χ2n) is 3.31. The van der Waals surface area contributed by atoms with Gasteiger partial charge in [-0.1, -0.05) is 0 Å². The van der Waals surface area contributed by atoms with Gasteiger partial charge in [0, 0.05) is 11.3 Å². The van der Waals surface area contributed by atoms with Crippen LogP contribution in [0.1, 0.15) is 29.3 Å². The highest BCUT2D eigenvalue weighted by atomic mass is 32.1. The van der Waals surface area contributed by atoms with Gasteiger partial charge >= 0.3 is 5.97 Å². The number of esters is 1. The Morgan fingerprint density at radius 3 is 2.81 bits per heavy atom. The zero-order chi connectivity index (χ0) is 12.0. The largest absolute Gasteiger partial charge is 0.462 e. The van der Waals surface area contributed by atoms with Crippen molar-refractivity contribution in [3.05, 3.63) is 29.3 Å². The minimum Gasteiger partial charge on any atom is -0.462 e. The molecular weight excluding hydrogens is 224 g/mol. The van der Waals surface area contributed by atoms with Crippen LogP contribution in [0.15, 0.2) is 23.1 Å². The van der Waals surface area contributed by atoms with E-state index in [-0.39, 0.29) is 5.97 Å². The van der Waals surface area contributed by atoms with Crippen molar-refractivity contribution in [3.8, 4) is 0 Å². The fourth-order valence-electron chi connectivity index (χ4n) is 1.38. The highest BCUT2D eigenvalue weighted by Crippen LogP contribution is 2.15. The molecule has 16 heavy (non-hydrogen) atoms. The molecule has 0 heterocycles. The van der Waals surface area contributed by atoms with Gasteiger partial charge < -0.3 is 9.53 Å². The number of ether oxygens (including phenoxy) is 1. The summed E-state index contributed by atoms with van der Waals surface area (Å²) in [5.41, 5.74) is 1.40. The number of rotatable bonds is 5. The predicted molar refractivity (Wildman–Crippen MR) is 64.0 cm³/mol. The van der Waals surface area contributed by atoms with Crippen molar-refractivity contribution in [2.75, 3.05) is 6.61 Å². The summed E-state index contributed by atoms with van der Waals surface area (Å²) in [6, 6.07) is 5.24. The van der Waals surface area contributed by atoms with Crippen LogP contribution in [0, 0.1) is 0 Å². The molecule has 0 aliphatic heterocycles. The lowest BCUT2D eigenvalue weighted by Crippen LogP contribution is -2.05. The molecule has 0 fully saturated rings. The number of thiol groups is 1. The molecule has 0 aliphatic carbocycles. The third kappa shape index (κ3) is 3.70. The van der Waals surface area contributed by atoms with E-state index in [0.717, 1.165) is 11.8 Å². The van der Waals surface area contributed by atoms with Gasteiger partial charge in [0.15, 0.2) is 0 Å². The van der Waals surface area contributed by atoms with E-state index in [4.69, 9.17) is 4.74 Å². The third-order valence-corrected chi connectivity index (χ3v) is 2.30. The summed E-state index contributed by atoms with van der Waals surface area (Å²) in [7, 11) is 0. The van der Waals surface area contributed by atoms with Crippen molar-refractivity contribution in [1.82, 2.24) is 0 Å². The zero-order valence-electron chi connectivity index (χ0n) is 9.10. The maximum Gasteiger partial charge on any atom is 0.338 e. The van der Waals surface area contributed by atoms with Gasteiger partial charge in [-0.3, -0.25) is 0 Å². The molecule has 1 rings (SSSR count). The highest BCUT2D eigenvalue weighted by molar-refractivity contribution is 7.80. The van der Waals surface area contributed by atoms with Crippen molar-refractivity contribution < 1.29 is 14.3 Å². The lowest BCUT2D eigenvalue weighted by molar-refractivity contribution is -0.107. The standard InChI is InChI=1S/C12H14O3S/c1-2-15-12(14)10-6-9(4-3-5-13)7-11(16)8-10/h5-8,16H,2-4H2,1H3. The van der Waals surface area contributed by atoms with E-state index in [0.29, 0.717) is 29.9 Å². The summed E-state index contributed by atoms with van der Waals surface area (Å²) in [4.78, 5) is 22.5. The quantitative estimate of drug-likeness (QED) is 0.486. The van der Waals surface area contributed by atoms with Crippen LogP contribution in [-0.2, 0) is 16.0 Å². The summed E-state index contributed by atoms with van der Waals surface area (Å²) in [5, 5.41) is 0. The molecular formula is C12H14O3S. The Bertz CT molecular complexity index is 388. The van der Waals surface area contributed by atoms with Crippen molar-refractivity contribution in [3.63, 3.8) is 0 Å². The summed E-state index contributed by atoms with van der Waals surface area (Å²) >= 11 is 4.21. The highest BCUT2D eigenvalue weighted by Gasteiger charge is 2.08. The molecule has 1 aromatic rings. The Labute approximate surface area is 100 Å². The number of aryl methyl sites for hydroxylation is 1. The molecule has 0 saturated carbocycles. The van der Waals surface area contributed by atoms with Crippen LogP contribution in [0.4, 0.5) is 0 Å². The van der Waals surface area contributed by atoms with E-state index in [1.54, 1.807) is 19.1 Å². The molecule has 0 atom stereocenters. The predicted octanol–water partition coefficient (Wildman–Crippen LogP) is 2.28. The van der Waals surface area contributed by atoms with Gasteiger partial charge in [-0.25, -0.2) is 4.79 Å². The first kappa shape index (κ1) is 12.8. The van der Waals surface area contributed by atoms with Crippen LogP contribution in [0.25, 0.3) is 0 Å². The van der Waals surface area contributed by atoms with Gasteiger partial charge in [-0.2, -0.15) is 0 Å². The molecule has 0 N–H and O–H groups in total. The van der Waals surface area contributed by atoms with E-state index < -0.39 is 0 Å². The van der Waals surface area contributed by atoms with Crippen molar-refractivity contribution in [1.29, 1.82) is 0 Å². The minimum atomic E-state index is -0.356. The van der Waals surface area contributed by atoms with E-state index in [2.05, 4.69) is 12.6 Å². The lowest BCUT2D eigenvalue weighted by Gasteiger charge is -2.05. The van der Waals surface area contributed by atoms with E-state index in [1.165, 1.54) is 0 Å². The van der Waals surface area contributed by atoms with Gasteiger partial charge in [0.1, 0.15) is 6.29 Å². The topological polar surface area (TPSA) is 43.4 Å². The molecule has 0 aliphatic rings. The number of carbonyl (C=O) groups excluding carboxylic acids is 2. The smallest absolute Gasteiger partial charge is 0.338 e. The lowest BCUT2D eigenvalue weighted by atomic mass is 10.1. The summed E-state index contributed by atoms with van der Waals surface area (Å²) in [6.45, 7) is 2.11. The second-order valence-corrected chi connectivity index (χ2v) is 3.83. The fourth-order valence-corrected chi connectivity index (χ4v) is 1.68. The van der Waals surface area contributed by atoms with Crippen LogP contribution >= 0.6 is 12.6 Å². The number of benzene rings is 1. The maximum absolute atomic E-state index is 11.5. The first-order chi connectivity index (χ1) is 7.67. The van der Waals surface area contributed by atoms with E-state index in [1.807, 2.05) is 6.07 Å². The van der Waals surface area contributed by atoms with Gasteiger partial charge in [-0.15, -0.1) is 12.6 Å². The summed E-state index contributed by atoms with van der Waals surface area (Å²) < 4.78 is 4.90. The molecule has 0 saturated heterocycles. The van der Waals surface area contributed by atoms with Crippen molar-refractivity contribution in [2.45, 2.75) is 24.7 Å². The summed E-state index contributed by atoms with van der Waals surface area (Å²) in [6.07, 6.45) is 1.92. The van der Waals surface area contributed by atoms with Gasteiger partial charge in [0.25, 0.3) is 0 Å². The molecule has 4 heteroatoms. The first-order valence-electron chi connectivity index (χ1n) is 5.11. The molecule has 3 nitrogen and oxygen atoms in total. The van der Waals surface area contributed by atoms with Crippen molar-refractivity contribution >= 4 is 24.9 Å². The molecule has 0 unspecified atom stereocenters. The van der Waals surface area contributed by atoms with E-state index in [9.17, 15) is 9.59 Å². The SMILES string of the molecule is CCOC(=O)c1cc(S)cc(CCC=O)c1. The molecule has 1 aromatic carbocycles. The van der Waals surface area contributed by atoms with Crippen LogP contribution in [0.2, 0.25) is 0 Å². The Kier molecular flexibility index (Phi) is 5.05. The average molecular weight is 238 g/mol. The number of hydrogen-bond donors (Lipinski definition) is 1. The Morgan fingerprint density at radius 1 is 1.44 bits per heavy atom. The van der Waals surface area contributed by atoms with Gasteiger partial charge in [0.05, 0.1) is 12.2 Å². The monoisotopic (exact) mass is 238 g/mol. The van der Waals surface area contributed by atoms with Crippen LogP contribution in [0.5, 0.6) is 0 Å². The van der Waals surface area contributed by atoms with Crippen LogP contribution in [0.3, 0.4) is 0 Å². The van der Waals surface area contributed by atoms with E-state index >= 15 is 0 Å². The molecule has 0 aromatic heterocycles. The van der Waals surface area contributed by atoms with Crippen molar-refractivity contribution in [2.24, 2.45) is 0 Å². The average Bonchev–Trinajstić information content (AvgIpc) is 2.26. The second kappa shape index (κ2) is 6.33. The molecule has 0 bridgehead atoms. The Morgan fingerprint density at radius 2 is 2.19 bits per heavy atom. The van der Waals surface area contributed by atoms with Gasteiger partial charge in [0.2, 0.25) is 0 Å². The third-order valence-electron chi connectivity index (χ3n) is 2.04. The van der Waals surface area contributed by atoms with Crippen LogP contribution < -0.4 is 0 Å². The summed E-state index contributed by atoms with van der Waals surface area (Å²) in [5.74, 6) is -0.356. The maximum atomic E-state index is 11.5. The molecule has 0 radical (unpaired) electrons. The Balaban J connectivity index is 2.88. The fraction of sp³-hybridized carbons (Fsp3) is 0.333. The minimum absolute atomic E-state index is 0.347. The number of aldehydes is 1. The zero-order valence-corrected chi connectivity index (χ0v) is 10.00. The molecule has 86 valence electrons.